The van der Waals surface area contributed by atoms with Crippen molar-refractivity contribution in [3.05, 3.63) is 108 Å². The van der Waals surface area contributed by atoms with Crippen molar-refractivity contribution in [1.82, 2.24) is 9.97 Å². The zero-order valence-corrected chi connectivity index (χ0v) is 17.0. The molecule has 0 amide bonds. The van der Waals surface area contributed by atoms with Gasteiger partial charge in [0.25, 0.3) is 0 Å². The quantitative estimate of drug-likeness (QED) is 0.282. The fourth-order valence-electron chi connectivity index (χ4n) is 2.79. The lowest BCUT2D eigenvalue weighted by atomic mass is 10.2. The lowest BCUT2D eigenvalue weighted by molar-refractivity contribution is -0.139. The number of halogens is 1. The number of rotatable bonds is 8. The van der Waals surface area contributed by atoms with Gasteiger partial charge in [-0.15, -0.1) is 0 Å². The molecule has 4 aromatic rings. The van der Waals surface area contributed by atoms with Crippen molar-refractivity contribution in [1.29, 1.82) is 0 Å². The monoisotopic (exact) mass is 430 g/mol. The second kappa shape index (κ2) is 10.2. The number of nitrogens with zero attached hydrogens (tertiary/aromatic N) is 2. The van der Waals surface area contributed by atoms with Gasteiger partial charge in [-0.25, -0.2) is 14.2 Å². The van der Waals surface area contributed by atoms with Gasteiger partial charge in [-0.1, -0.05) is 18.2 Å². The molecule has 0 unspecified atom stereocenters. The van der Waals surface area contributed by atoms with Gasteiger partial charge in [-0.3, -0.25) is 4.98 Å². The molecule has 6 nitrogen and oxygen atoms in total. The summed E-state index contributed by atoms with van der Waals surface area (Å²) in [5.41, 5.74) is 2.35. The number of hydrogen-bond acceptors (Lipinski definition) is 6. The molecule has 2 heterocycles. The molecule has 0 bridgehead atoms. The average molecular weight is 430 g/mol. The minimum absolute atomic E-state index is 0.106. The average Bonchev–Trinajstić information content (AvgIpc) is 3.31. The molecule has 0 spiro atoms. The Bertz CT molecular complexity index is 1190. The van der Waals surface area contributed by atoms with Crippen LogP contribution in [0.1, 0.15) is 17.1 Å². The Kier molecular flexibility index (Phi) is 6.67. The number of pyridine rings is 1. The van der Waals surface area contributed by atoms with Crippen LogP contribution in [-0.2, 0) is 22.7 Å². The normalized spacial score (nSPS) is 10.9. The van der Waals surface area contributed by atoms with Crippen molar-refractivity contribution < 1.29 is 23.1 Å². The van der Waals surface area contributed by atoms with Crippen LogP contribution in [0.2, 0.25) is 0 Å². The number of hydrogen-bond donors (Lipinski definition) is 0. The summed E-state index contributed by atoms with van der Waals surface area (Å²) in [6.07, 6.45) is 6.19. The van der Waals surface area contributed by atoms with E-state index in [4.69, 9.17) is 13.9 Å². The summed E-state index contributed by atoms with van der Waals surface area (Å²) in [4.78, 5) is 20.3. The number of carbonyl (C=O) groups is 1. The number of aromatic nitrogens is 2. The first-order valence-corrected chi connectivity index (χ1v) is 9.84. The van der Waals surface area contributed by atoms with Crippen LogP contribution in [0.4, 0.5) is 4.39 Å². The maximum atomic E-state index is 13.0. The maximum absolute atomic E-state index is 13.0. The molecule has 0 atom stereocenters. The summed E-state index contributed by atoms with van der Waals surface area (Å²) >= 11 is 0. The van der Waals surface area contributed by atoms with Crippen molar-refractivity contribution in [2.75, 3.05) is 0 Å². The van der Waals surface area contributed by atoms with E-state index in [-0.39, 0.29) is 18.3 Å². The molecule has 2 aromatic carbocycles. The Morgan fingerprint density at radius 3 is 2.53 bits per heavy atom. The van der Waals surface area contributed by atoms with Gasteiger partial charge in [0.15, 0.2) is 12.4 Å². The largest absolute Gasteiger partial charge is 0.487 e. The third-order valence-corrected chi connectivity index (χ3v) is 4.43. The van der Waals surface area contributed by atoms with E-state index in [1.807, 2.05) is 42.5 Å². The van der Waals surface area contributed by atoms with E-state index in [0.717, 1.165) is 11.3 Å². The Balaban J connectivity index is 1.25. The predicted octanol–water partition coefficient (Wildman–Crippen LogP) is 5.21. The van der Waals surface area contributed by atoms with Crippen LogP contribution >= 0.6 is 0 Å². The van der Waals surface area contributed by atoms with Gasteiger partial charge in [-0.2, -0.15) is 0 Å². The van der Waals surface area contributed by atoms with Crippen LogP contribution in [-0.4, -0.2) is 15.9 Å². The van der Waals surface area contributed by atoms with Crippen LogP contribution in [0.3, 0.4) is 0 Å². The maximum Gasteiger partial charge on any atom is 0.331 e. The second-order valence-electron chi connectivity index (χ2n) is 6.74. The van der Waals surface area contributed by atoms with Crippen molar-refractivity contribution in [2.45, 2.75) is 13.2 Å². The zero-order chi connectivity index (χ0) is 22.2. The number of oxazole rings is 1. The molecule has 2 aromatic heterocycles. The number of esters is 1. The standard InChI is InChI=1S/C25H19FN2O4/c26-20-9-7-19(8-10-20)23-15-28-24(32-23)17-31-25(29)13-6-18-4-11-22(12-5-18)30-16-21-3-1-2-14-27-21/h1-15H,16-17H2. The summed E-state index contributed by atoms with van der Waals surface area (Å²) in [7, 11) is 0. The highest BCUT2D eigenvalue weighted by molar-refractivity contribution is 5.87. The van der Waals surface area contributed by atoms with E-state index in [1.165, 1.54) is 24.4 Å². The molecule has 160 valence electrons. The van der Waals surface area contributed by atoms with Crippen LogP contribution in [0.5, 0.6) is 5.75 Å². The molecular formula is C25H19FN2O4. The molecule has 32 heavy (non-hydrogen) atoms. The minimum atomic E-state index is -0.526. The van der Waals surface area contributed by atoms with E-state index in [0.29, 0.717) is 23.7 Å². The fourth-order valence-corrected chi connectivity index (χ4v) is 2.79. The van der Waals surface area contributed by atoms with Gasteiger partial charge in [0.2, 0.25) is 5.89 Å². The molecule has 0 saturated heterocycles. The Labute approximate surface area is 184 Å². The zero-order valence-electron chi connectivity index (χ0n) is 17.0. The highest BCUT2D eigenvalue weighted by Crippen LogP contribution is 2.21. The van der Waals surface area contributed by atoms with Gasteiger partial charge in [0.05, 0.1) is 11.9 Å². The van der Waals surface area contributed by atoms with Crippen molar-refractivity contribution >= 4 is 12.0 Å². The summed E-state index contributed by atoms with van der Waals surface area (Å²) in [6, 6.07) is 18.8. The second-order valence-corrected chi connectivity index (χ2v) is 6.74. The SMILES string of the molecule is O=C(C=Cc1ccc(OCc2ccccn2)cc1)OCc1ncc(-c2ccc(F)cc2)o1. The predicted molar refractivity (Wildman–Crippen MR) is 116 cm³/mol. The van der Waals surface area contributed by atoms with Crippen molar-refractivity contribution in [3.8, 4) is 17.1 Å². The first kappa shape index (κ1) is 21.0. The fraction of sp³-hybridized carbons (Fsp3) is 0.0800. The van der Waals surface area contributed by atoms with Gasteiger partial charge >= 0.3 is 5.97 Å². The minimum Gasteiger partial charge on any atom is -0.487 e. The van der Waals surface area contributed by atoms with Crippen LogP contribution in [0.15, 0.2) is 89.6 Å². The smallest absolute Gasteiger partial charge is 0.331 e. The summed E-state index contributed by atoms with van der Waals surface area (Å²) in [5.74, 6) is 0.566. The lowest BCUT2D eigenvalue weighted by Gasteiger charge is -2.05. The van der Waals surface area contributed by atoms with E-state index >= 15 is 0 Å². The van der Waals surface area contributed by atoms with Crippen LogP contribution in [0, 0.1) is 5.82 Å². The molecule has 0 radical (unpaired) electrons. The highest BCUT2D eigenvalue weighted by atomic mass is 19.1. The summed E-state index contributed by atoms with van der Waals surface area (Å²) in [6.45, 7) is 0.275. The molecule has 0 N–H and O–H groups in total. The Hall–Kier alpha value is -4.26. The van der Waals surface area contributed by atoms with E-state index in [2.05, 4.69) is 9.97 Å². The molecule has 0 aliphatic heterocycles. The first-order chi connectivity index (χ1) is 15.7. The molecule has 0 aliphatic carbocycles. The summed E-state index contributed by atoms with van der Waals surface area (Å²) in [5, 5.41) is 0. The number of ether oxygens (including phenoxy) is 2. The molecule has 0 saturated carbocycles. The third-order valence-electron chi connectivity index (χ3n) is 4.43. The molecule has 4 rings (SSSR count). The number of benzene rings is 2. The molecule has 0 aliphatic rings. The number of carbonyl (C=O) groups excluding carboxylic acids is 1. The summed E-state index contributed by atoms with van der Waals surface area (Å²) < 4.78 is 29.4. The van der Waals surface area contributed by atoms with E-state index in [9.17, 15) is 9.18 Å². The van der Waals surface area contributed by atoms with Crippen LogP contribution in [0.25, 0.3) is 17.4 Å². The molecule has 7 heteroatoms. The van der Waals surface area contributed by atoms with Crippen molar-refractivity contribution in [2.24, 2.45) is 0 Å². The van der Waals surface area contributed by atoms with Gasteiger partial charge < -0.3 is 13.9 Å². The molecular weight excluding hydrogens is 411 g/mol. The topological polar surface area (TPSA) is 74.5 Å². The van der Waals surface area contributed by atoms with Gasteiger partial charge in [-0.05, 0) is 60.2 Å². The Morgan fingerprint density at radius 1 is 0.969 bits per heavy atom. The highest BCUT2D eigenvalue weighted by Gasteiger charge is 2.08. The lowest BCUT2D eigenvalue weighted by Crippen LogP contribution is -2.00. The van der Waals surface area contributed by atoms with Crippen LogP contribution < -0.4 is 4.74 Å². The van der Waals surface area contributed by atoms with E-state index in [1.54, 1.807) is 24.4 Å². The first-order valence-electron chi connectivity index (χ1n) is 9.84. The third kappa shape index (κ3) is 5.89. The van der Waals surface area contributed by atoms with Crippen molar-refractivity contribution in [3.63, 3.8) is 0 Å². The van der Waals surface area contributed by atoms with Gasteiger partial charge in [0.1, 0.15) is 18.2 Å². The van der Waals surface area contributed by atoms with E-state index < -0.39 is 5.97 Å². The van der Waals surface area contributed by atoms with Gasteiger partial charge in [0, 0.05) is 17.8 Å². The molecule has 0 fully saturated rings. The Morgan fingerprint density at radius 2 is 1.78 bits per heavy atom.